The smallest absolute Gasteiger partial charge is 0.255 e. The normalized spacial score (nSPS) is 13.4. The molecule has 222 valence electrons. The van der Waals surface area contributed by atoms with Crippen LogP contribution < -0.4 is 22.1 Å². The highest BCUT2D eigenvalue weighted by Gasteiger charge is 2.20. The van der Waals surface area contributed by atoms with Crippen LogP contribution in [0.3, 0.4) is 0 Å². The van der Waals surface area contributed by atoms with Crippen molar-refractivity contribution in [2.45, 2.75) is 32.7 Å². The molecule has 0 radical (unpaired) electrons. The van der Waals surface area contributed by atoms with Gasteiger partial charge in [0, 0.05) is 53.3 Å². The third-order valence-corrected chi connectivity index (χ3v) is 7.22. The molecule has 0 atom stereocenters. The van der Waals surface area contributed by atoms with Gasteiger partial charge in [0.15, 0.2) is 5.82 Å². The van der Waals surface area contributed by atoms with Crippen LogP contribution in [0.4, 0.5) is 23.3 Å². The van der Waals surface area contributed by atoms with Crippen molar-refractivity contribution in [1.29, 1.82) is 0 Å². The number of aromatic nitrogens is 3. The summed E-state index contributed by atoms with van der Waals surface area (Å²) in [6.45, 7) is 8.74. The second kappa shape index (κ2) is 12.6. The molecule has 4 aromatic rings. The minimum Gasteiger partial charge on any atom is -0.378 e. The Hall–Kier alpha value is -4.87. The average molecular weight is 581 g/mol. The molecule has 5 rings (SSSR count). The Kier molecular flexibility index (Phi) is 8.65. The molecule has 2 heterocycles. The Morgan fingerprint density at radius 1 is 0.907 bits per heavy atom. The zero-order valence-corrected chi connectivity index (χ0v) is 24.6. The number of hydrogen-bond donors (Lipinski definition) is 4. The lowest BCUT2D eigenvalue weighted by atomic mass is 9.86. The number of nitrogens with two attached hydrogens (primary N) is 2. The third kappa shape index (κ3) is 6.96. The number of nitrogen functional groups attached to an aromatic ring is 1. The average Bonchev–Trinajstić information content (AvgIpc) is 3.00. The van der Waals surface area contributed by atoms with Gasteiger partial charge in [0.05, 0.1) is 13.2 Å². The molecule has 0 saturated carbocycles. The van der Waals surface area contributed by atoms with E-state index in [4.69, 9.17) is 16.2 Å². The molecular formula is C32H36N8O3. The number of rotatable bonds is 7. The van der Waals surface area contributed by atoms with Crippen LogP contribution in [-0.4, -0.2) is 58.0 Å². The maximum absolute atomic E-state index is 13.1. The highest BCUT2D eigenvalue weighted by Crippen LogP contribution is 2.29. The molecule has 1 aliphatic heterocycles. The van der Waals surface area contributed by atoms with Gasteiger partial charge in [0.1, 0.15) is 0 Å². The van der Waals surface area contributed by atoms with Crippen molar-refractivity contribution in [3.8, 4) is 11.4 Å². The predicted octanol–water partition coefficient (Wildman–Crippen LogP) is 4.35. The fourth-order valence-electron chi connectivity index (χ4n) is 4.79. The van der Waals surface area contributed by atoms with E-state index in [9.17, 15) is 9.59 Å². The van der Waals surface area contributed by atoms with E-state index < -0.39 is 0 Å². The number of nitrogens with one attached hydrogen (secondary N) is 2. The number of anilines is 4. The largest absolute Gasteiger partial charge is 0.378 e. The molecule has 11 heteroatoms. The van der Waals surface area contributed by atoms with E-state index in [2.05, 4.69) is 46.4 Å². The van der Waals surface area contributed by atoms with Crippen molar-refractivity contribution >= 4 is 35.1 Å². The standard InChI is InChI=1S/C32H36N8O3/c1-32(2,3)22-11-7-20(8-12-22)28(41)36-26-6-4-5-24(25(26)19-33)27-37-30(34)39-31(38-27)35-23-13-9-21(10-14-23)29(42)40-15-17-43-18-16-40/h4-14H,15-19,33H2,1-3H3,(H,36,41)(H3,34,35,37,38,39). The molecule has 6 N–H and O–H groups in total. The van der Waals surface area contributed by atoms with E-state index in [1.807, 2.05) is 30.3 Å². The summed E-state index contributed by atoms with van der Waals surface area (Å²) < 4.78 is 5.33. The molecule has 0 spiro atoms. The van der Waals surface area contributed by atoms with Gasteiger partial charge in [-0.3, -0.25) is 9.59 Å². The van der Waals surface area contributed by atoms with Gasteiger partial charge in [-0.2, -0.15) is 15.0 Å². The number of ether oxygens (including phenoxy) is 1. The maximum atomic E-state index is 13.1. The lowest BCUT2D eigenvalue weighted by molar-refractivity contribution is 0.0303. The molecule has 0 aliphatic carbocycles. The summed E-state index contributed by atoms with van der Waals surface area (Å²) in [5.74, 6) is 0.263. The number of benzene rings is 3. The Morgan fingerprint density at radius 3 is 2.23 bits per heavy atom. The lowest BCUT2D eigenvalue weighted by Gasteiger charge is -2.26. The number of amides is 2. The van der Waals surface area contributed by atoms with Gasteiger partial charge in [-0.05, 0) is 53.4 Å². The number of carbonyl (C=O) groups excluding carboxylic acids is 2. The minimum absolute atomic E-state index is 0.0122. The number of morpholine rings is 1. The van der Waals surface area contributed by atoms with Gasteiger partial charge in [0.2, 0.25) is 11.9 Å². The number of carbonyl (C=O) groups is 2. The highest BCUT2D eigenvalue weighted by atomic mass is 16.5. The summed E-state index contributed by atoms with van der Waals surface area (Å²) in [6.07, 6.45) is 0. The van der Waals surface area contributed by atoms with Gasteiger partial charge < -0.3 is 31.7 Å². The minimum atomic E-state index is -0.250. The SMILES string of the molecule is CC(C)(C)c1ccc(C(=O)Nc2cccc(-c3nc(N)nc(Nc4ccc(C(=O)N5CCOCC5)cc4)n3)c2CN)cc1. The van der Waals surface area contributed by atoms with Crippen LogP contribution >= 0.6 is 0 Å². The Morgan fingerprint density at radius 2 is 1.58 bits per heavy atom. The van der Waals surface area contributed by atoms with Crippen LogP contribution in [0.5, 0.6) is 0 Å². The van der Waals surface area contributed by atoms with Gasteiger partial charge in [-0.25, -0.2) is 0 Å². The van der Waals surface area contributed by atoms with Crippen molar-refractivity contribution < 1.29 is 14.3 Å². The van der Waals surface area contributed by atoms with E-state index in [0.29, 0.717) is 65.8 Å². The van der Waals surface area contributed by atoms with E-state index in [1.54, 1.807) is 41.3 Å². The topological polar surface area (TPSA) is 161 Å². The van der Waals surface area contributed by atoms with Gasteiger partial charge in [0.25, 0.3) is 11.8 Å². The van der Waals surface area contributed by atoms with Crippen LogP contribution in [0, 0.1) is 0 Å². The predicted molar refractivity (Wildman–Crippen MR) is 167 cm³/mol. The maximum Gasteiger partial charge on any atom is 0.255 e. The molecule has 1 fully saturated rings. The Labute approximate surface area is 250 Å². The zero-order chi connectivity index (χ0) is 30.6. The molecule has 3 aromatic carbocycles. The van der Waals surface area contributed by atoms with Gasteiger partial charge in [-0.15, -0.1) is 0 Å². The molecule has 0 unspecified atom stereocenters. The summed E-state index contributed by atoms with van der Waals surface area (Å²) in [6, 6.07) is 20.0. The first-order valence-corrected chi connectivity index (χ1v) is 14.1. The molecule has 43 heavy (non-hydrogen) atoms. The zero-order valence-electron chi connectivity index (χ0n) is 24.6. The Balaban J connectivity index is 1.35. The van der Waals surface area contributed by atoms with Crippen LogP contribution in [0.15, 0.2) is 66.7 Å². The first-order chi connectivity index (χ1) is 20.6. The van der Waals surface area contributed by atoms with Crippen molar-refractivity contribution in [3.05, 3.63) is 89.0 Å². The van der Waals surface area contributed by atoms with Crippen LogP contribution in [0.25, 0.3) is 11.4 Å². The summed E-state index contributed by atoms with van der Waals surface area (Å²) >= 11 is 0. The Bertz CT molecular complexity index is 1610. The molecule has 1 aromatic heterocycles. The second-order valence-electron chi connectivity index (χ2n) is 11.3. The van der Waals surface area contributed by atoms with Crippen molar-refractivity contribution in [3.63, 3.8) is 0 Å². The van der Waals surface area contributed by atoms with E-state index in [1.165, 1.54) is 0 Å². The third-order valence-electron chi connectivity index (χ3n) is 7.22. The number of hydrogen-bond acceptors (Lipinski definition) is 9. The molecule has 1 saturated heterocycles. The van der Waals surface area contributed by atoms with Gasteiger partial charge in [-0.1, -0.05) is 45.0 Å². The molecule has 11 nitrogen and oxygen atoms in total. The summed E-state index contributed by atoms with van der Waals surface area (Å²) in [4.78, 5) is 40.8. The highest BCUT2D eigenvalue weighted by molar-refractivity contribution is 6.05. The first kappa shape index (κ1) is 29.6. The second-order valence-corrected chi connectivity index (χ2v) is 11.3. The summed E-state index contributed by atoms with van der Waals surface area (Å²) in [5.41, 5.74) is 17.0. The fourth-order valence-corrected chi connectivity index (χ4v) is 4.79. The first-order valence-electron chi connectivity index (χ1n) is 14.1. The molecular weight excluding hydrogens is 544 g/mol. The van der Waals surface area contributed by atoms with E-state index in [-0.39, 0.29) is 35.7 Å². The van der Waals surface area contributed by atoms with Crippen molar-refractivity contribution in [2.24, 2.45) is 5.73 Å². The van der Waals surface area contributed by atoms with Gasteiger partial charge >= 0.3 is 0 Å². The van der Waals surface area contributed by atoms with E-state index in [0.717, 1.165) is 5.56 Å². The van der Waals surface area contributed by atoms with Crippen LogP contribution in [0.2, 0.25) is 0 Å². The van der Waals surface area contributed by atoms with Crippen LogP contribution in [0.1, 0.15) is 52.6 Å². The van der Waals surface area contributed by atoms with E-state index >= 15 is 0 Å². The molecule has 0 bridgehead atoms. The summed E-state index contributed by atoms with van der Waals surface area (Å²) in [5, 5.41) is 6.11. The van der Waals surface area contributed by atoms with Crippen molar-refractivity contribution in [2.75, 3.05) is 42.7 Å². The molecule has 2 amide bonds. The molecule has 1 aliphatic rings. The number of nitrogens with zero attached hydrogens (tertiary/aromatic N) is 4. The lowest BCUT2D eigenvalue weighted by Crippen LogP contribution is -2.40. The monoisotopic (exact) mass is 580 g/mol. The van der Waals surface area contributed by atoms with Crippen LogP contribution in [-0.2, 0) is 16.7 Å². The van der Waals surface area contributed by atoms with Crippen molar-refractivity contribution in [1.82, 2.24) is 19.9 Å². The fraction of sp³-hybridized carbons (Fsp3) is 0.281. The quantitative estimate of drug-likeness (QED) is 0.249. The summed E-state index contributed by atoms with van der Waals surface area (Å²) in [7, 11) is 0.